The van der Waals surface area contributed by atoms with Crippen LogP contribution in [0.3, 0.4) is 0 Å². The third kappa shape index (κ3) is 2.02. The molecule has 0 heterocycles. The van der Waals surface area contributed by atoms with Crippen LogP contribution >= 0.6 is 0 Å². The summed E-state index contributed by atoms with van der Waals surface area (Å²) in [5.41, 5.74) is 1.47. The largest absolute Gasteiger partial charge is 1.00 e. The third-order valence-corrected chi connectivity index (χ3v) is 0.957. The van der Waals surface area contributed by atoms with Gasteiger partial charge < -0.3 is 0 Å². The van der Waals surface area contributed by atoms with Crippen LogP contribution in [0.2, 0.25) is 0 Å². The third-order valence-electron chi connectivity index (χ3n) is 0.957. The second-order valence-electron chi connectivity index (χ2n) is 1.65. The van der Waals surface area contributed by atoms with Crippen molar-refractivity contribution in [3.8, 4) is 0 Å². The molecule has 0 saturated carbocycles. The topological polar surface area (TPSA) is 0 Å². The molecule has 0 N–H and O–H groups in total. The summed E-state index contributed by atoms with van der Waals surface area (Å²) in [5, 5.41) is 0. The van der Waals surface area contributed by atoms with Crippen LogP contribution in [0.15, 0.2) is 23.8 Å². The van der Waals surface area contributed by atoms with Crippen LogP contribution in [0.5, 0.6) is 0 Å². The SMILES string of the molecule is CC1=CC=CC1.[Li+]. The monoisotopic (exact) mass is 87.1 g/mol. The maximum Gasteiger partial charge on any atom is 1.00 e. The zero-order chi connectivity index (χ0) is 4.41. The summed E-state index contributed by atoms with van der Waals surface area (Å²) >= 11 is 0. The van der Waals surface area contributed by atoms with Crippen molar-refractivity contribution in [1.29, 1.82) is 0 Å². The standard InChI is InChI=1S/C6H8.Li/c1-6-4-2-3-5-6;/h2-4H,5H2,1H3;/q;+1. The summed E-state index contributed by atoms with van der Waals surface area (Å²) in [6, 6.07) is 0. The summed E-state index contributed by atoms with van der Waals surface area (Å²) in [6.07, 6.45) is 7.56. The molecule has 0 unspecified atom stereocenters. The van der Waals surface area contributed by atoms with Crippen LogP contribution in [0.1, 0.15) is 13.3 Å². The second-order valence-corrected chi connectivity index (χ2v) is 1.65. The van der Waals surface area contributed by atoms with Crippen LogP contribution in [0.4, 0.5) is 0 Å². The zero-order valence-corrected chi connectivity index (χ0v) is 4.94. The van der Waals surface area contributed by atoms with Crippen molar-refractivity contribution >= 4 is 0 Å². The van der Waals surface area contributed by atoms with E-state index in [1.54, 1.807) is 0 Å². The maximum absolute atomic E-state index is 2.16. The van der Waals surface area contributed by atoms with E-state index in [0.717, 1.165) is 0 Å². The minimum absolute atomic E-state index is 0. The second kappa shape index (κ2) is 3.13. The minimum Gasteiger partial charge on any atom is -0.0805 e. The van der Waals surface area contributed by atoms with Gasteiger partial charge in [0.15, 0.2) is 0 Å². The summed E-state index contributed by atoms with van der Waals surface area (Å²) in [4.78, 5) is 0. The van der Waals surface area contributed by atoms with Crippen molar-refractivity contribution in [2.45, 2.75) is 13.3 Å². The molecule has 1 rings (SSSR count). The summed E-state index contributed by atoms with van der Waals surface area (Å²) in [5.74, 6) is 0. The van der Waals surface area contributed by atoms with E-state index in [4.69, 9.17) is 0 Å². The maximum atomic E-state index is 2.16. The van der Waals surface area contributed by atoms with Crippen molar-refractivity contribution in [1.82, 2.24) is 0 Å². The molecule has 0 aromatic rings. The molecule has 0 saturated heterocycles. The smallest absolute Gasteiger partial charge is 0.0805 e. The van der Waals surface area contributed by atoms with Gasteiger partial charge in [0.1, 0.15) is 0 Å². The van der Waals surface area contributed by atoms with E-state index in [0.29, 0.717) is 0 Å². The predicted molar refractivity (Wildman–Crippen MR) is 27.5 cm³/mol. The average Bonchev–Trinajstić information content (AvgIpc) is 1.86. The molecule has 0 radical (unpaired) electrons. The Morgan fingerprint density at radius 1 is 1.57 bits per heavy atom. The van der Waals surface area contributed by atoms with Gasteiger partial charge in [-0.3, -0.25) is 0 Å². The first-order valence-corrected chi connectivity index (χ1v) is 2.22. The van der Waals surface area contributed by atoms with Gasteiger partial charge in [0.2, 0.25) is 0 Å². The van der Waals surface area contributed by atoms with E-state index in [2.05, 4.69) is 25.2 Å². The van der Waals surface area contributed by atoms with Crippen LogP contribution in [-0.2, 0) is 0 Å². The van der Waals surface area contributed by atoms with Gasteiger partial charge in [0.05, 0.1) is 0 Å². The van der Waals surface area contributed by atoms with Crippen LogP contribution in [-0.4, -0.2) is 0 Å². The molecule has 1 aliphatic rings. The van der Waals surface area contributed by atoms with E-state index in [1.807, 2.05) is 0 Å². The van der Waals surface area contributed by atoms with Gasteiger partial charge in [-0.05, 0) is 13.3 Å². The Balaban J connectivity index is 0.000000360. The van der Waals surface area contributed by atoms with E-state index < -0.39 is 0 Å². The Morgan fingerprint density at radius 3 is 2.43 bits per heavy atom. The molecule has 0 nitrogen and oxygen atoms in total. The molecule has 0 amide bonds. The number of rotatable bonds is 0. The number of allylic oxidation sites excluding steroid dienone is 4. The fraction of sp³-hybridized carbons (Fsp3) is 0.333. The van der Waals surface area contributed by atoms with Crippen molar-refractivity contribution in [2.75, 3.05) is 0 Å². The predicted octanol–water partition coefficient (Wildman–Crippen LogP) is -1.10. The fourth-order valence-corrected chi connectivity index (χ4v) is 0.554. The van der Waals surface area contributed by atoms with Gasteiger partial charge in [0, 0.05) is 0 Å². The summed E-state index contributed by atoms with van der Waals surface area (Å²) in [6.45, 7) is 2.14. The Bertz CT molecular complexity index is 101. The van der Waals surface area contributed by atoms with E-state index in [-0.39, 0.29) is 18.9 Å². The molecule has 1 aliphatic carbocycles. The normalized spacial score (nSPS) is 15.9. The summed E-state index contributed by atoms with van der Waals surface area (Å²) in [7, 11) is 0. The van der Waals surface area contributed by atoms with Crippen molar-refractivity contribution in [2.24, 2.45) is 0 Å². The molecular weight excluding hydrogens is 79.0 g/mol. The molecule has 0 aromatic heterocycles. The molecule has 1 heteroatoms. The quantitative estimate of drug-likeness (QED) is 0.329. The first kappa shape index (κ1) is 7.08. The fourth-order valence-electron chi connectivity index (χ4n) is 0.554. The Labute approximate surface area is 56.5 Å². The van der Waals surface area contributed by atoms with E-state index >= 15 is 0 Å². The van der Waals surface area contributed by atoms with Crippen LogP contribution < -0.4 is 18.9 Å². The van der Waals surface area contributed by atoms with Gasteiger partial charge in [-0.2, -0.15) is 0 Å². The molecule has 32 valence electrons. The van der Waals surface area contributed by atoms with Gasteiger partial charge in [-0.1, -0.05) is 23.8 Å². The minimum atomic E-state index is 0. The average molecular weight is 87.1 g/mol. The molecule has 7 heavy (non-hydrogen) atoms. The molecule has 0 bridgehead atoms. The number of hydrogen-bond acceptors (Lipinski definition) is 0. The Morgan fingerprint density at radius 2 is 2.29 bits per heavy atom. The molecule has 0 fully saturated rings. The molecular formula is C6H8Li+. The van der Waals surface area contributed by atoms with Gasteiger partial charge >= 0.3 is 18.9 Å². The molecule has 0 aromatic carbocycles. The van der Waals surface area contributed by atoms with Crippen LogP contribution in [0, 0.1) is 0 Å². The number of hydrogen-bond donors (Lipinski definition) is 0. The molecule has 0 aliphatic heterocycles. The van der Waals surface area contributed by atoms with Crippen molar-refractivity contribution in [3.63, 3.8) is 0 Å². The molecule has 0 spiro atoms. The Hall–Kier alpha value is 0.0774. The van der Waals surface area contributed by atoms with Crippen molar-refractivity contribution in [3.05, 3.63) is 23.8 Å². The summed E-state index contributed by atoms with van der Waals surface area (Å²) < 4.78 is 0. The van der Waals surface area contributed by atoms with Crippen LogP contribution in [0.25, 0.3) is 0 Å². The van der Waals surface area contributed by atoms with Gasteiger partial charge in [-0.15, -0.1) is 0 Å². The van der Waals surface area contributed by atoms with Gasteiger partial charge in [0.25, 0.3) is 0 Å². The first-order valence-electron chi connectivity index (χ1n) is 2.22. The van der Waals surface area contributed by atoms with Crippen molar-refractivity contribution < 1.29 is 18.9 Å². The Kier molecular flexibility index (Phi) is 3.16. The molecule has 0 atom stereocenters. The van der Waals surface area contributed by atoms with Gasteiger partial charge in [-0.25, -0.2) is 0 Å². The van der Waals surface area contributed by atoms with E-state index in [1.165, 1.54) is 12.0 Å². The zero-order valence-electron chi connectivity index (χ0n) is 4.94. The first-order chi connectivity index (χ1) is 2.89. The van der Waals surface area contributed by atoms with E-state index in [9.17, 15) is 0 Å².